The Morgan fingerprint density at radius 3 is 2.53 bits per heavy atom. The summed E-state index contributed by atoms with van der Waals surface area (Å²) in [6.45, 7) is 0.876. The lowest BCUT2D eigenvalue weighted by Crippen LogP contribution is -2.26. The van der Waals surface area contributed by atoms with E-state index in [4.69, 9.17) is 0 Å². The number of halogens is 1. The van der Waals surface area contributed by atoms with Gasteiger partial charge >= 0.3 is 0 Å². The molecule has 2 atom stereocenters. The molecule has 15 heavy (non-hydrogen) atoms. The SMILES string of the molecule is Cl.O=C(S)[C@@H]1C[C@H](c2ccccc2)CN1. The van der Waals surface area contributed by atoms with E-state index in [1.807, 2.05) is 18.2 Å². The summed E-state index contributed by atoms with van der Waals surface area (Å²) in [7, 11) is 0. The van der Waals surface area contributed by atoms with Gasteiger partial charge in [-0.05, 0) is 17.9 Å². The first-order valence-corrected chi connectivity index (χ1v) is 5.23. The van der Waals surface area contributed by atoms with Gasteiger partial charge in [0.15, 0.2) is 0 Å². The van der Waals surface area contributed by atoms with Crippen LogP contribution in [0.15, 0.2) is 30.3 Å². The minimum atomic E-state index is -0.0662. The fourth-order valence-electron chi connectivity index (χ4n) is 1.90. The van der Waals surface area contributed by atoms with E-state index in [1.165, 1.54) is 5.56 Å². The number of hydrogen-bond donors (Lipinski definition) is 2. The van der Waals surface area contributed by atoms with E-state index < -0.39 is 0 Å². The van der Waals surface area contributed by atoms with Crippen LogP contribution in [0.5, 0.6) is 0 Å². The lowest BCUT2D eigenvalue weighted by Gasteiger charge is -2.07. The summed E-state index contributed by atoms with van der Waals surface area (Å²) in [5.41, 5.74) is 1.30. The zero-order valence-electron chi connectivity index (χ0n) is 8.22. The van der Waals surface area contributed by atoms with Crippen LogP contribution in [0.4, 0.5) is 0 Å². The lowest BCUT2D eigenvalue weighted by molar-refractivity contribution is -0.112. The maximum absolute atomic E-state index is 11.0. The summed E-state index contributed by atoms with van der Waals surface area (Å²) < 4.78 is 0. The Hall–Kier alpha value is -0.510. The van der Waals surface area contributed by atoms with Gasteiger partial charge in [-0.3, -0.25) is 4.79 Å². The second kappa shape index (κ2) is 5.54. The normalized spacial score (nSPS) is 24.6. The third kappa shape index (κ3) is 2.97. The van der Waals surface area contributed by atoms with E-state index in [9.17, 15) is 4.79 Å². The summed E-state index contributed by atoms with van der Waals surface area (Å²) in [4.78, 5) is 11.0. The molecule has 1 saturated heterocycles. The molecule has 0 aliphatic carbocycles. The molecule has 1 heterocycles. The van der Waals surface area contributed by atoms with Crippen LogP contribution < -0.4 is 5.32 Å². The predicted octanol–water partition coefficient (Wildman–Crippen LogP) is 2.01. The van der Waals surface area contributed by atoms with E-state index in [1.54, 1.807) is 0 Å². The Balaban J connectivity index is 0.00000112. The van der Waals surface area contributed by atoms with Crippen molar-refractivity contribution in [3.05, 3.63) is 35.9 Å². The number of carbonyl (C=O) groups excluding carboxylic acids is 1. The van der Waals surface area contributed by atoms with E-state index in [2.05, 4.69) is 30.1 Å². The quantitative estimate of drug-likeness (QED) is 0.779. The Morgan fingerprint density at radius 2 is 2.00 bits per heavy atom. The van der Waals surface area contributed by atoms with E-state index >= 15 is 0 Å². The van der Waals surface area contributed by atoms with E-state index in [0.717, 1.165) is 13.0 Å². The monoisotopic (exact) mass is 243 g/mol. The van der Waals surface area contributed by atoms with Crippen LogP contribution in [0, 0.1) is 0 Å². The molecule has 1 aromatic carbocycles. The summed E-state index contributed by atoms with van der Waals surface area (Å²) in [6, 6.07) is 10.2. The molecule has 1 N–H and O–H groups in total. The zero-order chi connectivity index (χ0) is 9.97. The molecule has 0 amide bonds. The Labute approximate surface area is 101 Å². The Kier molecular flexibility index (Phi) is 4.64. The topological polar surface area (TPSA) is 29.1 Å². The fraction of sp³-hybridized carbons (Fsp3) is 0.364. The maximum atomic E-state index is 11.0. The molecule has 0 bridgehead atoms. The van der Waals surface area contributed by atoms with Gasteiger partial charge < -0.3 is 5.32 Å². The van der Waals surface area contributed by atoms with E-state index in [-0.39, 0.29) is 23.6 Å². The number of nitrogens with one attached hydrogen (secondary N) is 1. The van der Waals surface area contributed by atoms with Gasteiger partial charge in [0.05, 0.1) is 6.04 Å². The number of hydrogen-bond acceptors (Lipinski definition) is 2. The highest BCUT2D eigenvalue weighted by Crippen LogP contribution is 2.25. The van der Waals surface area contributed by atoms with Crippen LogP contribution in [0.2, 0.25) is 0 Å². The molecule has 0 spiro atoms. The minimum Gasteiger partial charge on any atom is -0.306 e. The van der Waals surface area contributed by atoms with Crippen LogP contribution in [0.25, 0.3) is 0 Å². The molecule has 0 unspecified atom stereocenters. The first-order valence-electron chi connectivity index (χ1n) is 4.78. The zero-order valence-corrected chi connectivity index (χ0v) is 9.93. The molecular weight excluding hydrogens is 230 g/mol. The number of rotatable bonds is 2. The minimum absolute atomic E-state index is 0. The summed E-state index contributed by atoms with van der Waals surface area (Å²) in [5.74, 6) is 0.456. The van der Waals surface area contributed by atoms with Gasteiger partial charge in [0.25, 0.3) is 0 Å². The van der Waals surface area contributed by atoms with Gasteiger partial charge in [0, 0.05) is 6.54 Å². The number of thiol groups is 1. The van der Waals surface area contributed by atoms with Crippen molar-refractivity contribution >= 4 is 30.2 Å². The Bertz CT molecular complexity index is 331. The second-order valence-corrected chi connectivity index (χ2v) is 4.08. The van der Waals surface area contributed by atoms with Gasteiger partial charge in [-0.2, -0.15) is 0 Å². The Morgan fingerprint density at radius 1 is 1.33 bits per heavy atom. The van der Waals surface area contributed by atoms with E-state index in [0.29, 0.717) is 5.92 Å². The third-order valence-corrected chi connectivity index (χ3v) is 3.01. The first kappa shape index (κ1) is 12.6. The van der Waals surface area contributed by atoms with Crippen LogP contribution in [0.3, 0.4) is 0 Å². The molecule has 1 aliphatic rings. The van der Waals surface area contributed by atoms with Crippen molar-refractivity contribution in [3.63, 3.8) is 0 Å². The standard InChI is InChI=1S/C11H13NOS.ClH/c13-11(14)10-6-9(7-12-10)8-4-2-1-3-5-8;/h1-5,9-10,12H,6-7H2,(H,13,14);1H/t9-,10-;/m0./s1. The van der Waals surface area contributed by atoms with Crippen molar-refractivity contribution in [2.75, 3.05) is 6.54 Å². The number of carbonyl (C=O) groups is 1. The smallest absolute Gasteiger partial charge is 0.202 e. The van der Waals surface area contributed by atoms with Crippen LogP contribution in [-0.4, -0.2) is 17.7 Å². The van der Waals surface area contributed by atoms with Crippen molar-refractivity contribution in [3.8, 4) is 0 Å². The highest BCUT2D eigenvalue weighted by atomic mass is 35.5. The largest absolute Gasteiger partial charge is 0.306 e. The van der Waals surface area contributed by atoms with Crippen molar-refractivity contribution in [2.45, 2.75) is 18.4 Å². The van der Waals surface area contributed by atoms with Gasteiger partial charge in [-0.25, -0.2) is 0 Å². The van der Waals surface area contributed by atoms with Crippen LogP contribution >= 0.6 is 25.0 Å². The molecule has 0 radical (unpaired) electrons. The molecule has 1 aromatic rings. The van der Waals surface area contributed by atoms with Crippen LogP contribution in [-0.2, 0) is 4.79 Å². The predicted molar refractivity (Wildman–Crippen MR) is 66.8 cm³/mol. The molecule has 1 aliphatic heterocycles. The van der Waals surface area contributed by atoms with Gasteiger partial charge in [-0.15, -0.1) is 25.0 Å². The molecule has 4 heteroatoms. The van der Waals surface area contributed by atoms with Crippen molar-refractivity contribution < 1.29 is 4.79 Å². The molecule has 0 aromatic heterocycles. The molecule has 82 valence electrons. The molecular formula is C11H14ClNOS. The van der Waals surface area contributed by atoms with Crippen molar-refractivity contribution in [1.29, 1.82) is 0 Å². The molecule has 2 nitrogen and oxygen atoms in total. The highest BCUT2D eigenvalue weighted by molar-refractivity contribution is 7.96. The van der Waals surface area contributed by atoms with Gasteiger partial charge in [-0.1, -0.05) is 30.3 Å². The number of benzene rings is 1. The first-order chi connectivity index (χ1) is 6.77. The summed E-state index contributed by atoms with van der Waals surface area (Å²) in [5, 5.41) is 3.13. The average molecular weight is 244 g/mol. The molecule has 1 fully saturated rings. The second-order valence-electron chi connectivity index (χ2n) is 3.64. The van der Waals surface area contributed by atoms with Crippen molar-refractivity contribution in [1.82, 2.24) is 5.32 Å². The average Bonchev–Trinajstić information content (AvgIpc) is 2.68. The van der Waals surface area contributed by atoms with Gasteiger partial charge in [0.2, 0.25) is 5.12 Å². The maximum Gasteiger partial charge on any atom is 0.202 e. The van der Waals surface area contributed by atoms with Crippen molar-refractivity contribution in [2.24, 2.45) is 0 Å². The fourth-order valence-corrected chi connectivity index (χ4v) is 2.10. The molecule has 0 saturated carbocycles. The van der Waals surface area contributed by atoms with Crippen LogP contribution in [0.1, 0.15) is 17.9 Å². The van der Waals surface area contributed by atoms with Gasteiger partial charge in [0.1, 0.15) is 0 Å². The lowest BCUT2D eigenvalue weighted by atomic mass is 9.97. The summed E-state index contributed by atoms with van der Waals surface area (Å²) >= 11 is 3.84. The third-order valence-electron chi connectivity index (χ3n) is 2.70. The molecule has 2 rings (SSSR count). The summed E-state index contributed by atoms with van der Waals surface area (Å²) in [6.07, 6.45) is 0.867. The highest BCUT2D eigenvalue weighted by Gasteiger charge is 2.28.